The molecular formula is C17H12Cl2N2O. The Bertz CT molecular complexity index is 829. The molecule has 0 unspecified atom stereocenters. The van der Waals surface area contributed by atoms with Crippen LogP contribution in [0.4, 0.5) is 11.4 Å². The molecule has 0 aliphatic carbocycles. The highest BCUT2D eigenvalue weighted by molar-refractivity contribution is 6.55. The molecule has 0 bridgehead atoms. The van der Waals surface area contributed by atoms with Gasteiger partial charge in [0, 0.05) is 12.1 Å². The van der Waals surface area contributed by atoms with Crippen LogP contribution in [0, 0.1) is 0 Å². The van der Waals surface area contributed by atoms with Crippen LogP contribution in [0.1, 0.15) is 17.5 Å². The second-order valence-electron chi connectivity index (χ2n) is 5.43. The van der Waals surface area contributed by atoms with E-state index in [4.69, 9.17) is 23.2 Å². The van der Waals surface area contributed by atoms with Crippen molar-refractivity contribution in [3.8, 4) is 0 Å². The van der Waals surface area contributed by atoms with Crippen LogP contribution in [-0.2, 0) is 11.2 Å². The molecule has 0 N–H and O–H groups in total. The first kappa shape index (κ1) is 13.8. The predicted octanol–water partition coefficient (Wildman–Crippen LogP) is 4.41. The van der Waals surface area contributed by atoms with Gasteiger partial charge in [0.2, 0.25) is 0 Å². The van der Waals surface area contributed by atoms with Crippen LogP contribution < -0.4 is 4.90 Å². The van der Waals surface area contributed by atoms with Gasteiger partial charge in [-0.15, -0.1) is 0 Å². The number of halogens is 2. The molecule has 0 aromatic heterocycles. The van der Waals surface area contributed by atoms with Crippen LogP contribution in [-0.4, -0.2) is 18.2 Å². The standard InChI is InChI=1S/C17H12Cl2N2O/c18-13-7-6-11(9-14(13)19)20-15-12-5-1-3-10-4-2-8-21(16(10)12)17(15)22/h1,3,5-7,9H,2,4,8H2. The molecule has 0 saturated carbocycles. The zero-order chi connectivity index (χ0) is 15.3. The second kappa shape index (κ2) is 5.11. The highest BCUT2D eigenvalue weighted by atomic mass is 35.5. The quantitative estimate of drug-likeness (QED) is 0.762. The van der Waals surface area contributed by atoms with Crippen LogP contribution in [0.5, 0.6) is 0 Å². The number of para-hydroxylation sites is 1. The summed E-state index contributed by atoms with van der Waals surface area (Å²) in [6.45, 7) is 0.753. The number of amides is 1. The lowest BCUT2D eigenvalue weighted by Crippen LogP contribution is -2.33. The molecule has 4 rings (SSSR count). The van der Waals surface area contributed by atoms with Gasteiger partial charge in [0.15, 0.2) is 0 Å². The van der Waals surface area contributed by atoms with Crippen molar-refractivity contribution in [2.45, 2.75) is 12.8 Å². The number of carbonyl (C=O) groups excluding carboxylic acids is 1. The predicted molar refractivity (Wildman–Crippen MR) is 89.8 cm³/mol. The average molecular weight is 331 g/mol. The van der Waals surface area contributed by atoms with E-state index < -0.39 is 0 Å². The first-order valence-electron chi connectivity index (χ1n) is 7.13. The summed E-state index contributed by atoms with van der Waals surface area (Å²) in [5.41, 5.74) is 4.27. The lowest BCUT2D eigenvalue weighted by atomic mass is 10.00. The molecular weight excluding hydrogens is 319 g/mol. The topological polar surface area (TPSA) is 32.7 Å². The van der Waals surface area contributed by atoms with Crippen molar-refractivity contribution in [3.05, 3.63) is 57.6 Å². The van der Waals surface area contributed by atoms with E-state index in [1.807, 2.05) is 17.0 Å². The van der Waals surface area contributed by atoms with Gasteiger partial charge in [-0.05, 0) is 36.6 Å². The Kier molecular flexibility index (Phi) is 3.21. The Balaban J connectivity index is 1.87. The molecule has 2 aliphatic rings. The van der Waals surface area contributed by atoms with E-state index in [0.717, 1.165) is 30.6 Å². The summed E-state index contributed by atoms with van der Waals surface area (Å²) < 4.78 is 0. The van der Waals surface area contributed by atoms with Crippen molar-refractivity contribution in [2.24, 2.45) is 4.99 Å². The molecule has 22 heavy (non-hydrogen) atoms. The van der Waals surface area contributed by atoms with Gasteiger partial charge in [-0.1, -0.05) is 41.4 Å². The lowest BCUT2D eigenvalue weighted by molar-refractivity contribution is -0.112. The first-order valence-corrected chi connectivity index (χ1v) is 7.88. The third kappa shape index (κ3) is 2.04. The molecule has 2 aromatic rings. The number of nitrogens with zero attached hydrogens (tertiary/aromatic N) is 2. The minimum atomic E-state index is -0.0341. The van der Waals surface area contributed by atoms with Crippen molar-refractivity contribution in [3.63, 3.8) is 0 Å². The molecule has 5 heteroatoms. The van der Waals surface area contributed by atoms with Gasteiger partial charge in [0.05, 0.1) is 21.4 Å². The largest absolute Gasteiger partial charge is 0.306 e. The molecule has 2 aliphatic heterocycles. The molecule has 0 atom stereocenters. The number of benzene rings is 2. The van der Waals surface area contributed by atoms with Crippen LogP contribution >= 0.6 is 23.2 Å². The molecule has 0 radical (unpaired) electrons. The SMILES string of the molecule is O=C1C(=Nc2ccc(Cl)c(Cl)c2)c2cccc3c2N1CCC3. The Morgan fingerprint density at radius 3 is 2.77 bits per heavy atom. The van der Waals surface area contributed by atoms with Crippen molar-refractivity contribution in [1.29, 1.82) is 0 Å². The highest BCUT2D eigenvalue weighted by Crippen LogP contribution is 2.38. The second-order valence-corrected chi connectivity index (χ2v) is 6.25. The normalized spacial score (nSPS) is 18.0. The van der Waals surface area contributed by atoms with E-state index in [9.17, 15) is 4.79 Å². The Morgan fingerprint density at radius 2 is 1.95 bits per heavy atom. The van der Waals surface area contributed by atoms with E-state index in [2.05, 4.69) is 11.1 Å². The first-order chi connectivity index (χ1) is 10.6. The molecule has 3 nitrogen and oxygen atoms in total. The van der Waals surface area contributed by atoms with Crippen LogP contribution in [0.2, 0.25) is 10.0 Å². The molecule has 0 fully saturated rings. The molecule has 110 valence electrons. The van der Waals surface area contributed by atoms with Gasteiger partial charge >= 0.3 is 0 Å². The molecule has 2 heterocycles. The van der Waals surface area contributed by atoms with E-state index in [1.54, 1.807) is 18.2 Å². The summed E-state index contributed by atoms with van der Waals surface area (Å²) in [5, 5.41) is 0.912. The number of rotatable bonds is 1. The zero-order valence-electron chi connectivity index (χ0n) is 11.6. The van der Waals surface area contributed by atoms with Crippen molar-refractivity contribution in [1.82, 2.24) is 0 Å². The van der Waals surface area contributed by atoms with E-state index in [0.29, 0.717) is 21.4 Å². The number of aryl methyl sites for hydroxylation is 1. The average Bonchev–Trinajstić information content (AvgIpc) is 2.79. The minimum absolute atomic E-state index is 0.0341. The Morgan fingerprint density at radius 1 is 1.09 bits per heavy atom. The number of carbonyl (C=O) groups is 1. The monoisotopic (exact) mass is 330 g/mol. The van der Waals surface area contributed by atoms with Gasteiger partial charge in [-0.2, -0.15) is 0 Å². The van der Waals surface area contributed by atoms with Crippen LogP contribution in [0.15, 0.2) is 41.4 Å². The summed E-state index contributed by atoms with van der Waals surface area (Å²) in [7, 11) is 0. The fourth-order valence-corrected chi connectivity index (χ4v) is 3.37. The number of hydrogen-bond acceptors (Lipinski definition) is 2. The smallest absolute Gasteiger partial charge is 0.277 e. The maximum Gasteiger partial charge on any atom is 0.277 e. The molecule has 1 amide bonds. The van der Waals surface area contributed by atoms with Gasteiger partial charge in [-0.3, -0.25) is 4.79 Å². The highest BCUT2D eigenvalue weighted by Gasteiger charge is 2.37. The van der Waals surface area contributed by atoms with Gasteiger partial charge in [0.25, 0.3) is 5.91 Å². The zero-order valence-corrected chi connectivity index (χ0v) is 13.2. The van der Waals surface area contributed by atoms with Gasteiger partial charge in [0.1, 0.15) is 5.71 Å². The summed E-state index contributed by atoms with van der Waals surface area (Å²) >= 11 is 12.0. The third-order valence-electron chi connectivity index (χ3n) is 4.06. The molecule has 0 spiro atoms. The molecule has 0 saturated heterocycles. The number of hydrogen-bond donors (Lipinski definition) is 0. The maximum absolute atomic E-state index is 12.7. The summed E-state index contributed by atoms with van der Waals surface area (Å²) in [4.78, 5) is 19.0. The van der Waals surface area contributed by atoms with Crippen LogP contribution in [0.3, 0.4) is 0 Å². The Hall–Kier alpha value is -1.84. The fraction of sp³-hybridized carbons (Fsp3) is 0.176. The maximum atomic E-state index is 12.7. The van der Waals surface area contributed by atoms with Crippen LogP contribution in [0.25, 0.3) is 0 Å². The number of anilines is 1. The summed E-state index contributed by atoms with van der Waals surface area (Å²) in [6, 6.07) is 11.2. The van der Waals surface area contributed by atoms with Crippen molar-refractivity contribution < 1.29 is 4.79 Å². The number of aliphatic imine (C=N–C) groups is 1. The summed E-state index contributed by atoms with van der Waals surface area (Å²) in [5.74, 6) is -0.0341. The minimum Gasteiger partial charge on any atom is -0.306 e. The third-order valence-corrected chi connectivity index (χ3v) is 4.80. The van der Waals surface area contributed by atoms with Crippen molar-refractivity contribution in [2.75, 3.05) is 11.4 Å². The molecule has 2 aromatic carbocycles. The Labute approximate surface area is 138 Å². The lowest BCUT2D eigenvalue weighted by Gasteiger charge is -2.24. The van der Waals surface area contributed by atoms with Gasteiger partial charge < -0.3 is 4.90 Å². The van der Waals surface area contributed by atoms with E-state index >= 15 is 0 Å². The van der Waals surface area contributed by atoms with Crippen molar-refractivity contribution >= 4 is 46.2 Å². The fourth-order valence-electron chi connectivity index (χ4n) is 3.08. The van der Waals surface area contributed by atoms with E-state index in [1.165, 1.54) is 5.56 Å². The van der Waals surface area contributed by atoms with Gasteiger partial charge in [-0.25, -0.2) is 4.99 Å². The summed E-state index contributed by atoms with van der Waals surface area (Å²) in [6.07, 6.45) is 2.00. The van der Waals surface area contributed by atoms with E-state index in [-0.39, 0.29) is 5.91 Å².